The first-order chi connectivity index (χ1) is 15.2. The van der Waals surface area contributed by atoms with Crippen molar-refractivity contribution in [1.29, 1.82) is 0 Å². The molecule has 11 heteroatoms. The number of hydrogen-bond donors (Lipinski definition) is 2. The van der Waals surface area contributed by atoms with Crippen molar-refractivity contribution in [3.63, 3.8) is 0 Å². The predicted octanol–water partition coefficient (Wildman–Crippen LogP) is 4.12. The molecule has 1 aliphatic rings. The summed E-state index contributed by atoms with van der Waals surface area (Å²) in [6.07, 6.45) is -3.16. The Morgan fingerprint density at radius 3 is 2.36 bits per heavy atom. The molecule has 1 aliphatic carbocycles. The van der Waals surface area contributed by atoms with Crippen LogP contribution in [0.4, 0.5) is 18.9 Å². The van der Waals surface area contributed by atoms with Crippen LogP contribution in [0, 0.1) is 5.92 Å². The third kappa shape index (κ3) is 6.10. The number of alkyl halides is 3. The molecular formula is C22H25F3N2O5S. The average Bonchev–Trinajstić information content (AvgIpc) is 3.39. The highest BCUT2D eigenvalue weighted by molar-refractivity contribution is 7.92. The molecule has 1 amide bonds. The van der Waals surface area contributed by atoms with Gasteiger partial charge in [-0.25, -0.2) is 8.42 Å². The number of halogens is 3. The number of methoxy groups -OCH3 is 1. The standard InChI is InChI=1S/C22H25F3N2O5S/c1-13(14-5-10-18(19(11-14)31-3)27-33(4,29)30)26-20(28)17-12-21(17,2)15-6-8-16(9-7-15)32-22(23,24)25/h5-11,13,17,27H,12H2,1-4H3,(H,26,28)/t13?,17-,21?/m0/s1. The number of ether oxygens (including phenoxy) is 2. The zero-order chi connectivity index (χ0) is 24.6. The van der Waals surface area contributed by atoms with E-state index in [1.165, 1.54) is 31.4 Å². The Hall–Kier alpha value is -2.95. The third-order valence-electron chi connectivity index (χ3n) is 5.68. The van der Waals surface area contributed by atoms with Crippen LogP contribution in [0.25, 0.3) is 0 Å². The second-order valence-corrected chi connectivity index (χ2v) is 10.1. The van der Waals surface area contributed by atoms with E-state index in [9.17, 15) is 26.4 Å². The largest absolute Gasteiger partial charge is 0.573 e. The van der Waals surface area contributed by atoms with Crippen molar-refractivity contribution in [3.8, 4) is 11.5 Å². The summed E-state index contributed by atoms with van der Waals surface area (Å²) in [4.78, 5) is 12.8. The maximum absolute atomic E-state index is 12.8. The normalized spacial score (nSPS) is 21.1. The van der Waals surface area contributed by atoms with Gasteiger partial charge in [0.1, 0.15) is 11.5 Å². The van der Waals surface area contributed by atoms with Crippen molar-refractivity contribution < 1.29 is 35.9 Å². The quantitative estimate of drug-likeness (QED) is 0.586. The average molecular weight is 487 g/mol. The maximum atomic E-state index is 12.8. The van der Waals surface area contributed by atoms with Gasteiger partial charge in [0.15, 0.2) is 0 Å². The number of amides is 1. The highest BCUT2D eigenvalue weighted by Crippen LogP contribution is 2.54. The lowest BCUT2D eigenvalue weighted by Gasteiger charge is -2.18. The molecule has 2 aromatic carbocycles. The Kier molecular flexibility index (Phi) is 6.56. The van der Waals surface area contributed by atoms with Gasteiger partial charge in [-0.3, -0.25) is 9.52 Å². The number of sulfonamides is 1. The lowest BCUT2D eigenvalue weighted by atomic mass is 9.95. The summed E-state index contributed by atoms with van der Waals surface area (Å²) in [5.41, 5.74) is 1.27. The maximum Gasteiger partial charge on any atom is 0.573 e. The SMILES string of the molecule is COc1cc(C(C)NC(=O)[C@@H]2CC2(C)c2ccc(OC(F)(F)F)cc2)ccc1NS(C)(=O)=O. The second-order valence-electron chi connectivity index (χ2n) is 8.31. The molecule has 2 aromatic rings. The summed E-state index contributed by atoms with van der Waals surface area (Å²) in [6, 6.07) is 10.1. The summed E-state index contributed by atoms with van der Waals surface area (Å²) < 4.78 is 71.5. The molecular weight excluding hydrogens is 461 g/mol. The Morgan fingerprint density at radius 1 is 1.18 bits per heavy atom. The summed E-state index contributed by atoms with van der Waals surface area (Å²) in [7, 11) is -2.07. The van der Waals surface area contributed by atoms with Crippen LogP contribution in [0.5, 0.6) is 11.5 Å². The fraction of sp³-hybridized carbons (Fsp3) is 0.409. The molecule has 1 saturated carbocycles. The molecule has 0 aliphatic heterocycles. The Balaban J connectivity index is 1.66. The van der Waals surface area contributed by atoms with Gasteiger partial charge in [0.2, 0.25) is 15.9 Å². The first-order valence-electron chi connectivity index (χ1n) is 10.0. The monoisotopic (exact) mass is 486 g/mol. The van der Waals surface area contributed by atoms with Crippen molar-refractivity contribution in [1.82, 2.24) is 5.32 Å². The van der Waals surface area contributed by atoms with Crippen molar-refractivity contribution >= 4 is 21.6 Å². The van der Waals surface area contributed by atoms with Crippen LogP contribution >= 0.6 is 0 Å². The van der Waals surface area contributed by atoms with E-state index < -0.39 is 21.8 Å². The van der Waals surface area contributed by atoms with Crippen molar-refractivity contribution in [2.75, 3.05) is 18.1 Å². The van der Waals surface area contributed by atoms with Crippen LogP contribution < -0.4 is 19.5 Å². The minimum absolute atomic E-state index is 0.182. The van der Waals surface area contributed by atoms with Crippen LogP contribution in [0.1, 0.15) is 37.4 Å². The van der Waals surface area contributed by atoms with Gasteiger partial charge in [0, 0.05) is 11.3 Å². The van der Waals surface area contributed by atoms with E-state index in [2.05, 4.69) is 14.8 Å². The van der Waals surface area contributed by atoms with Gasteiger partial charge in [-0.1, -0.05) is 25.1 Å². The summed E-state index contributed by atoms with van der Waals surface area (Å²) in [6.45, 7) is 3.68. The van der Waals surface area contributed by atoms with Crippen LogP contribution in [-0.2, 0) is 20.2 Å². The highest BCUT2D eigenvalue weighted by atomic mass is 32.2. The summed E-state index contributed by atoms with van der Waals surface area (Å²) in [5, 5.41) is 2.94. The number of nitrogens with one attached hydrogen (secondary N) is 2. The van der Waals surface area contributed by atoms with Gasteiger partial charge >= 0.3 is 6.36 Å². The van der Waals surface area contributed by atoms with Crippen LogP contribution in [-0.4, -0.2) is 34.1 Å². The number of hydrogen-bond acceptors (Lipinski definition) is 5. The van der Waals surface area contributed by atoms with Gasteiger partial charge in [0.25, 0.3) is 0 Å². The fourth-order valence-electron chi connectivity index (χ4n) is 3.76. The molecule has 0 radical (unpaired) electrons. The molecule has 33 heavy (non-hydrogen) atoms. The molecule has 0 bridgehead atoms. The number of carbonyl (C=O) groups excluding carboxylic acids is 1. The van der Waals surface area contributed by atoms with E-state index in [-0.39, 0.29) is 29.3 Å². The van der Waals surface area contributed by atoms with Crippen molar-refractivity contribution in [2.24, 2.45) is 5.92 Å². The van der Waals surface area contributed by atoms with E-state index >= 15 is 0 Å². The molecule has 180 valence electrons. The van der Waals surface area contributed by atoms with E-state index in [0.29, 0.717) is 12.2 Å². The molecule has 3 atom stereocenters. The molecule has 0 aromatic heterocycles. The zero-order valence-electron chi connectivity index (χ0n) is 18.5. The Morgan fingerprint density at radius 2 is 1.82 bits per heavy atom. The molecule has 0 saturated heterocycles. The van der Waals surface area contributed by atoms with Crippen LogP contribution in [0.3, 0.4) is 0 Å². The molecule has 7 nitrogen and oxygen atoms in total. The first kappa shape index (κ1) is 24.7. The van der Waals surface area contributed by atoms with Gasteiger partial charge in [-0.15, -0.1) is 13.2 Å². The predicted molar refractivity (Wildman–Crippen MR) is 117 cm³/mol. The molecule has 0 spiro atoms. The van der Waals surface area contributed by atoms with E-state index in [0.717, 1.165) is 17.4 Å². The molecule has 2 N–H and O–H groups in total. The number of rotatable bonds is 8. The Bertz CT molecular complexity index is 1140. The van der Waals surface area contributed by atoms with Gasteiger partial charge in [-0.2, -0.15) is 0 Å². The van der Waals surface area contributed by atoms with E-state index in [1.807, 2.05) is 6.92 Å². The second kappa shape index (κ2) is 8.77. The van der Waals surface area contributed by atoms with Crippen molar-refractivity contribution in [3.05, 3.63) is 53.6 Å². The lowest BCUT2D eigenvalue weighted by Crippen LogP contribution is -2.30. The van der Waals surface area contributed by atoms with Crippen molar-refractivity contribution in [2.45, 2.75) is 38.1 Å². The Labute approximate surface area is 190 Å². The minimum Gasteiger partial charge on any atom is -0.495 e. The summed E-state index contributed by atoms with van der Waals surface area (Å²) >= 11 is 0. The molecule has 3 rings (SSSR count). The molecule has 0 heterocycles. The van der Waals surface area contributed by atoms with E-state index in [4.69, 9.17) is 4.74 Å². The van der Waals surface area contributed by atoms with Gasteiger partial charge in [-0.05, 0) is 48.7 Å². The zero-order valence-corrected chi connectivity index (χ0v) is 19.3. The van der Waals surface area contributed by atoms with Crippen LogP contribution in [0.15, 0.2) is 42.5 Å². The topological polar surface area (TPSA) is 93.7 Å². The van der Waals surface area contributed by atoms with Crippen LogP contribution in [0.2, 0.25) is 0 Å². The highest BCUT2D eigenvalue weighted by Gasteiger charge is 2.55. The summed E-state index contributed by atoms with van der Waals surface area (Å²) in [5.74, 6) is -0.510. The fourth-order valence-corrected chi connectivity index (χ4v) is 4.33. The first-order valence-corrected chi connectivity index (χ1v) is 11.9. The minimum atomic E-state index is -4.76. The van der Waals surface area contributed by atoms with Gasteiger partial charge < -0.3 is 14.8 Å². The molecule has 1 fully saturated rings. The number of anilines is 1. The number of carbonyl (C=O) groups is 1. The number of benzene rings is 2. The van der Waals surface area contributed by atoms with Gasteiger partial charge in [0.05, 0.1) is 25.1 Å². The van der Waals surface area contributed by atoms with E-state index in [1.54, 1.807) is 25.1 Å². The molecule has 2 unspecified atom stereocenters. The lowest BCUT2D eigenvalue weighted by molar-refractivity contribution is -0.274. The third-order valence-corrected chi connectivity index (χ3v) is 6.27. The smallest absolute Gasteiger partial charge is 0.495 e.